The molecule has 0 aromatic heterocycles. The Morgan fingerprint density at radius 3 is 2.54 bits per heavy atom. The van der Waals surface area contributed by atoms with Crippen LogP contribution in [0.4, 0.5) is 13.2 Å². The molecule has 1 atom stereocenters. The number of nitrogens with one attached hydrogen (secondary N) is 1. The zero-order valence-electron chi connectivity index (χ0n) is 13.6. The van der Waals surface area contributed by atoms with Gasteiger partial charge in [-0.15, -0.1) is 0 Å². The summed E-state index contributed by atoms with van der Waals surface area (Å²) in [4.78, 5) is 12.2. The standard InChI is InChI=1S/C18H18F3NO2/c1-4-24-15-8-5-10(2)9-13(15)11(3)22-18(23)12-6-7-14(19)17(21)16(12)20/h5-9,11H,4H2,1-3H3,(H,22,23). The molecule has 0 radical (unpaired) electrons. The Kier molecular flexibility index (Phi) is 5.49. The van der Waals surface area contributed by atoms with E-state index in [4.69, 9.17) is 4.74 Å². The topological polar surface area (TPSA) is 38.3 Å². The molecule has 3 nitrogen and oxygen atoms in total. The van der Waals surface area contributed by atoms with Crippen LogP contribution in [0.25, 0.3) is 0 Å². The van der Waals surface area contributed by atoms with E-state index in [1.165, 1.54) is 0 Å². The van der Waals surface area contributed by atoms with Gasteiger partial charge in [-0.25, -0.2) is 13.2 Å². The van der Waals surface area contributed by atoms with Crippen LogP contribution in [-0.4, -0.2) is 12.5 Å². The number of benzene rings is 2. The Balaban J connectivity index is 2.27. The highest BCUT2D eigenvalue weighted by Gasteiger charge is 2.21. The minimum Gasteiger partial charge on any atom is -0.494 e. The van der Waals surface area contributed by atoms with E-state index in [2.05, 4.69) is 5.32 Å². The molecule has 0 aliphatic rings. The summed E-state index contributed by atoms with van der Waals surface area (Å²) in [5.74, 6) is -4.74. The fourth-order valence-electron chi connectivity index (χ4n) is 2.35. The highest BCUT2D eigenvalue weighted by atomic mass is 19.2. The maximum atomic E-state index is 13.7. The second kappa shape index (κ2) is 7.38. The van der Waals surface area contributed by atoms with Crippen molar-refractivity contribution in [1.29, 1.82) is 0 Å². The molecule has 1 amide bonds. The number of amides is 1. The molecule has 0 aliphatic heterocycles. The van der Waals surface area contributed by atoms with Crippen molar-refractivity contribution in [3.8, 4) is 5.75 Å². The molecule has 0 aliphatic carbocycles. The molecule has 0 bridgehead atoms. The summed E-state index contributed by atoms with van der Waals surface area (Å²) in [6.07, 6.45) is 0. The van der Waals surface area contributed by atoms with E-state index in [0.29, 0.717) is 17.9 Å². The molecule has 2 aromatic rings. The van der Waals surface area contributed by atoms with Crippen molar-refractivity contribution in [2.24, 2.45) is 0 Å². The number of rotatable bonds is 5. The van der Waals surface area contributed by atoms with E-state index in [1.54, 1.807) is 13.0 Å². The van der Waals surface area contributed by atoms with Gasteiger partial charge in [-0.3, -0.25) is 4.79 Å². The van der Waals surface area contributed by atoms with E-state index < -0.39 is 35.0 Å². The third-order valence-corrected chi connectivity index (χ3v) is 3.56. The van der Waals surface area contributed by atoms with E-state index in [9.17, 15) is 18.0 Å². The summed E-state index contributed by atoms with van der Waals surface area (Å²) < 4.78 is 45.5. The smallest absolute Gasteiger partial charge is 0.254 e. The Hall–Kier alpha value is -2.50. The van der Waals surface area contributed by atoms with Crippen LogP contribution in [-0.2, 0) is 0 Å². The van der Waals surface area contributed by atoms with Crippen molar-refractivity contribution in [2.75, 3.05) is 6.61 Å². The monoisotopic (exact) mass is 337 g/mol. The average Bonchev–Trinajstić information content (AvgIpc) is 2.54. The number of aryl methyl sites for hydroxylation is 1. The first-order valence-electron chi connectivity index (χ1n) is 7.52. The minimum absolute atomic E-state index is 0.453. The van der Waals surface area contributed by atoms with Gasteiger partial charge in [0.1, 0.15) is 5.75 Å². The highest BCUT2D eigenvalue weighted by Crippen LogP contribution is 2.27. The third kappa shape index (κ3) is 3.69. The first-order chi connectivity index (χ1) is 11.3. The molecular weight excluding hydrogens is 319 g/mol. The molecule has 0 saturated carbocycles. The van der Waals surface area contributed by atoms with E-state index in [0.717, 1.165) is 17.7 Å². The normalized spacial score (nSPS) is 11.9. The third-order valence-electron chi connectivity index (χ3n) is 3.56. The van der Waals surface area contributed by atoms with Crippen LogP contribution in [0.1, 0.15) is 41.4 Å². The van der Waals surface area contributed by atoms with Crippen LogP contribution in [0.2, 0.25) is 0 Å². The number of hydrogen-bond acceptors (Lipinski definition) is 2. The summed E-state index contributed by atoms with van der Waals surface area (Å²) in [5, 5.41) is 2.58. The van der Waals surface area contributed by atoms with Crippen molar-refractivity contribution in [1.82, 2.24) is 5.32 Å². The van der Waals surface area contributed by atoms with Crippen LogP contribution in [0, 0.1) is 24.4 Å². The molecule has 0 spiro atoms. The van der Waals surface area contributed by atoms with Gasteiger partial charge < -0.3 is 10.1 Å². The Bertz CT molecular complexity index is 762. The Labute approximate surface area is 138 Å². The second-order valence-corrected chi connectivity index (χ2v) is 5.39. The van der Waals surface area contributed by atoms with Crippen molar-refractivity contribution in [3.05, 3.63) is 64.5 Å². The molecule has 1 unspecified atom stereocenters. The van der Waals surface area contributed by atoms with Crippen molar-refractivity contribution in [3.63, 3.8) is 0 Å². The van der Waals surface area contributed by atoms with Gasteiger partial charge in [-0.2, -0.15) is 0 Å². The van der Waals surface area contributed by atoms with Gasteiger partial charge in [0.25, 0.3) is 5.91 Å². The van der Waals surface area contributed by atoms with E-state index in [1.807, 2.05) is 26.0 Å². The minimum atomic E-state index is -1.67. The molecule has 0 fully saturated rings. The summed E-state index contributed by atoms with van der Waals surface area (Å²) >= 11 is 0. The van der Waals surface area contributed by atoms with Crippen molar-refractivity contribution < 1.29 is 22.7 Å². The molecule has 6 heteroatoms. The summed E-state index contributed by atoms with van der Waals surface area (Å²) in [7, 11) is 0. The number of carbonyl (C=O) groups is 1. The molecule has 1 N–H and O–H groups in total. The summed E-state index contributed by atoms with van der Waals surface area (Å²) in [6, 6.07) is 6.63. The first-order valence-corrected chi connectivity index (χ1v) is 7.52. The lowest BCUT2D eigenvalue weighted by atomic mass is 10.0. The van der Waals surface area contributed by atoms with Gasteiger partial charge in [0.05, 0.1) is 18.2 Å². The van der Waals surface area contributed by atoms with Gasteiger partial charge in [0, 0.05) is 5.56 Å². The Morgan fingerprint density at radius 1 is 1.17 bits per heavy atom. The zero-order chi connectivity index (χ0) is 17.9. The summed E-state index contributed by atoms with van der Waals surface area (Å²) in [5.41, 5.74) is 1.13. The number of hydrogen-bond donors (Lipinski definition) is 1. The highest BCUT2D eigenvalue weighted by molar-refractivity contribution is 5.94. The lowest BCUT2D eigenvalue weighted by Gasteiger charge is -2.19. The van der Waals surface area contributed by atoms with Crippen molar-refractivity contribution in [2.45, 2.75) is 26.8 Å². The fourth-order valence-corrected chi connectivity index (χ4v) is 2.35. The molecule has 24 heavy (non-hydrogen) atoms. The lowest BCUT2D eigenvalue weighted by Crippen LogP contribution is -2.28. The molecule has 2 aromatic carbocycles. The maximum absolute atomic E-state index is 13.7. The molecular formula is C18H18F3NO2. The van der Waals surface area contributed by atoms with Crippen molar-refractivity contribution >= 4 is 5.91 Å². The van der Waals surface area contributed by atoms with Gasteiger partial charge >= 0.3 is 0 Å². The molecule has 0 saturated heterocycles. The second-order valence-electron chi connectivity index (χ2n) is 5.39. The van der Waals surface area contributed by atoms with Crippen LogP contribution in [0.5, 0.6) is 5.75 Å². The molecule has 128 valence electrons. The average molecular weight is 337 g/mol. The Morgan fingerprint density at radius 2 is 1.88 bits per heavy atom. The number of carbonyl (C=O) groups excluding carboxylic acids is 1. The molecule has 0 heterocycles. The largest absolute Gasteiger partial charge is 0.494 e. The number of ether oxygens (including phenoxy) is 1. The molecule has 2 rings (SSSR count). The van der Waals surface area contributed by atoms with E-state index >= 15 is 0 Å². The van der Waals surface area contributed by atoms with Gasteiger partial charge in [-0.1, -0.05) is 17.7 Å². The van der Waals surface area contributed by atoms with Gasteiger partial charge in [-0.05, 0) is 39.0 Å². The van der Waals surface area contributed by atoms with Gasteiger partial charge in [0.2, 0.25) is 0 Å². The first kappa shape index (κ1) is 17.8. The lowest BCUT2D eigenvalue weighted by molar-refractivity contribution is 0.0934. The zero-order valence-corrected chi connectivity index (χ0v) is 13.6. The van der Waals surface area contributed by atoms with Crippen LogP contribution in [0.15, 0.2) is 30.3 Å². The van der Waals surface area contributed by atoms with Crippen LogP contribution >= 0.6 is 0 Å². The predicted molar refractivity (Wildman–Crippen MR) is 84.5 cm³/mol. The quantitative estimate of drug-likeness (QED) is 0.826. The predicted octanol–water partition coefficient (Wildman–Crippen LogP) is 4.30. The summed E-state index contributed by atoms with van der Waals surface area (Å²) in [6.45, 7) is 5.88. The SMILES string of the molecule is CCOc1ccc(C)cc1C(C)NC(=O)c1ccc(F)c(F)c1F. The van der Waals surface area contributed by atoms with E-state index in [-0.39, 0.29) is 0 Å². The van der Waals surface area contributed by atoms with Crippen LogP contribution < -0.4 is 10.1 Å². The van der Waals surface area contributed by atoms with Gasteiger partial charge in [0.15, 0.2) is 17.5 Å². The maximum Gasteiger partial charge on any atom is 0.254 e. The fraction of sp³-hybridized carbons (Fsp3) is 0.278. The van der Waals surface area contributed by atoms with Crippen LogP contribution in [0.3, 0.4) is 0 Å². The number of halogens is 3.